The number of hydrogen-bond acceptors (Lipinski definition) is 4. The number of nitrogens with one attached hydrogen (secondary N) is 1. The number of sulfonamides is 1. The third kappa shape index (κ3) is 4.51. The molecule has 24 heavy (non-hydrogen) atoms. The zero-order valence-electron chi connectivity index (χ0n) is 12.2. The van der Waals surface area contributed by atoms with Crippen LogP contribution in [0.4, 0.5) is 13.2 Å². The van der Waals surface area contributed by atoms with E-state index in [1.54, 1.807) is 0 Å². The molecule has 2 rings (SSSR count). The van der Waals surface area contributed by atoms with E-state index in [-0.39, 0.29) is 28.2 Å². The molecule has 0 aliphatic carbocycles. The first kappa shape index (κ1) is 19.7. The molecular formula is C12H12BrClF3N3O2S2. The van der Waals surface area contributed by atoms with Crippen molar-refractivity contribution in [3.63, 3.8) is 0 Å². The molecule has 0 bridgehead atoms. The van der Waals surface area contributed by atoms with E-state index in [9.17, 15) is 21.6 Å². The Bertz CT molecular complexity index is 833. The zero-order chi connectivity index (χ0) is 18.1. The fraction of sp³-hybridized carbons (Fsp3) is 0.417. The first-order valence-electron chi connectivity index (χ1n) is 6.57. The summed E-state index contributed by atoms with van der Waals surface area (Å²) in [6.07, 6.45) is -4.26. The average molecular weight is 467 g/mol. The summed E-state index contributed by atoms with van der Waals surface area (Å²) in [4.78, 5) is 0. The van der Waals surface area contributed by atoms with Crippen molar-refractivity contribution >= 4 is 48.9 Å². The van der Waals surface area contributed by atoms with Crippen LogP contribution in [0.3, 0.4) is 0 Å². The second-order valence-electron chi connectivity index (χ2n) is 4.78. The first-order chi connectivity index (χ1) is 11.0. The lowest BCUT2D eigenvalue weighted by Gasteiger charge is -2.06. The van der Waals surface area contributed by atoms with Gasteiger partial charge in [-0.25, -0.2) is 13.1 Å². The van der Waals surface area contributed by atoms with Crippen molar-refractivity contribution in [1.29, 1.82) is 0 Å². The number of aryl methyl sites for hydroxylation is 1. The van der Waals surface area contributed by atoms with Crippen LogP contribution in [0, 0.1) is 6.92 Å². The van der Waals surface area contributed by atoms with Crippen molar-refractivity contribution in [2.24, 2.45) is 0 Å². The molecule has 0 spiro atoms. The summed E-state index contributed by atoms with van der Waals surface area (Å²) in [5, 5.41) is 3.53. The molecule has 0 amide bonds. The Balaban J connectivity index is 1.96. The predicted octanol–water partition coefficient (Wildman–Crippen LogP) is 4.06. The van der Waals surface area contributed by atoms with Crippen LogP contribution in [0.25, 0.3) is 0 Å². The lowest BCUT2D eigenvalue weighted by atomic mass is 10.3. The van der Waals surface area contributed by atoms with E-state index in [1.807, 2.05) is 0 Å². The molecule has 0 aliphatic rings. The normalized spacial score (nSPS) is 12.8. The molecule has 0 atom stereocenters. The summed E-state index contributed by atoms with van der Waals surface area (Å²) < 4.78 is 66.2. The Kier molecular flexibility index (Phi) is 6.01. The lowest BCUT2D eigenvalue weighted by Crippen LogP contribution is -2.25. The number of nitrogens with zero attached hydrogens (tertiary/aromatic N) is 2. The lowest BCUT2D eigenvalue weighted by molar-refractivity contribution is -0.142. The van der Waals surface area contributed by atoms with Crippen molar-refractivity contribution in [3.8, 4) is 0 Å². The summed E-state index contributed by atoms with van der Waals surface area (Å²) >= 11 is 9.51. The Morgan fingerprint density at radius 3 is 2.58 bits per heavy atom. The minimum absolute atomic E-state index is 0.0656. The number of hydrogen-bond donors (Lipinski definition) is 1. The quantitative estimate of drug-likeness (QED) is 0.653. The number of aromatic nitrogens is 2. The summed E-state index contributed by atoms with van der Waals surface area (Å²) in [6.45, 7) is 1.72. The summed E-state index contributed by atoms with van der Waals surface area (Å²) in [5.41, 5.74) is -0.663. The second-order valence-corrected chi connectivity index (χ2v) is 9.28. The van der Waals surface area contributed by atoms with Gasteiger partial charge in [0.1, 0.15) is 4.21 Å². The van der Waals surface area contributed by atoms with Gasteiger partial charge in [-0.05, 0) is 41.4 Å². The largest absolute Gasteiger partial charge is 0.436 e. The third-order valence-electron chi connectivity index (χ3n) is 3.05. The maximum atomic E-state index is 12.8. The summed E-state index contributed by atoms with van der Waals surface area (Å²) in [6, 6.07) is 2.86. The van der Waals surface area contributed by atoms with Crippen LogP contribution in [0.2, 0.25) is 4.34 Å². The summed E-state index contributed by atoms with van der Waals surface area (Å²) in [5.74, 6) is 0. The van der Waals surface area contributed by atoms with Crippen LogP contribution in [0.15, 0.2) is 20.8 Å². The van der Waals surface area contributed by atoms with Crippen LogP contribution in [-0.2, 0) is 22.7 Å². The van der Waals surface area contributed by atoms with Crippen molar-refractivity contribution in [2.75, 3.05) is 6.54 Å². The molecule has 0 saturated heterocycles. The molecule has 0 fully saturated rings. The van der Waals surface area contributed by atoms with Gasteiger partial charge in [-0.15, -0.1) is 11.3 Å². The molecule has 0 saturated carbocycles. The highest BCUT2D eigenvalue weighted by Crippen LogP contribution is 2.35. The standard InChI is InChI=1S/C12H12BrClF3N3O2S2/c1-7-10(13)11(12(15,16)17)19-20(7)6-2-5-18-24(21,22)9-4-3-8(14)23-9/h3-4,18H,2,5-6H2,1H3. The molecule has 0 aromatic carbocycles. The molecule has 5 nitrogen and oxygen atoms in total. The summed E-state index contributed by atoms with van der Waals surface area (Å²) in [7, 11) is -3.67. The predicted molar refractivity (Wildman–Crippen MR) is 88.8 cm³/mol. The molecule has 0 unspecified atom stereocenters. The first-order valence-corrected chi connectivity index (χ1v) is 10.0. The van der Waals surface area contributed by atoms with Gasteiger partial charge in [-0.1, -0.05) is 11.6 Å². The Morgan fingerprint density at radius 1 is 1.42 bits per heavy atom. The van der Waals surface area contributed by atoms with E-state index in [0.717, 1.165) is 11.3 Å². The molecule has 134 valence electrons. The van der Waals surface area contributed by atoms with Gasteiger partial charge in [-0.3, -0.25) is 4.68 Å². The molecular weight excluding hydrogens is 455 g/mol. The molecule has 12 heteroatoms. The van der Waals surface area contributed by atoms with E-state index in [4.69, 9.17) is 11.6 Å². The fourth-order valence-electron chi connectivity index (χ4n) is 1.87. The third-order valence-corrected chi connectivity index (χ3v) is 7.19. The van der Waals surface area contributed by atoms with Gasteiger partial charge in [0.15, 0.2) is 5.69 Å². The van der Waals surface area contributed by atoms with E-state index < -0.39 is 21.9 Å². The molecule has 2 heterocycles. The van der Waals surface area contributed by atoms with Gasteiger partial charge in [-0.2, -0.15) is 18.3 Å². The maximum absolute atomic E-state index is 12.8. The minimum Gasteiger partial charge on any atom is -0.268 e. The molecule has 2 aromatic heterocycles. The Labute approximate surface area is 154 Å². The average Bonchev–Trinajstić information content (AvgIpc) is 3.02. The van der Waals surface area contributed by atoms with E-state index >= 15 is 0 Å². The number of alkyl halides is 3. The second kappa shape index (κ2) is 7.32. The highest BCUT2D eigenvalue weighted by molar-refractivity contribution is 9.10. The van der Waals surface area contributed by atoms with Gasteiger partial charge >= 0.3 is 6.18 Å². The van der Waals surface area contributed by atoms with Gasteiger partial charge in [0.2, 0.25) is 10.0 Å². The Morgan fingerprint density at radius 2 is 2.08 bits per heavy atom. The van der Waals surface area contributed by atoms with Crippen LogP contribution >= 0.6 is 38.9 Å². The molecule has 2 aromatic rings. The number of halogens is 5. The van der Waals surface area contributed by atoms with E-state index in [1.165, 1.54) is 23.7 Å². The smallest absolute Gasteiger partial charge is 0.268 e. The van der Waals surface area contributed by atoms with Crippen LogP contribution in [-0.4, -0.2) is 24.7 Å². The van der Waals surface area contributed by atoms with Crippen LogP contribution < -0.4 is 4.72 Å². The SMILES string of the molecule is Cc1c(Br)c(C(F)(F)F)nn1CCCNS(=O)(=O)c1ccc(Cl)s1. The van der Waals surface area contributed by atoms with Gasteiger partial charge < -0.3 is 0 Å². The number of rotatable bonds is 6. The van der Waals surface area contributed by atoms with E-state index in [2.05, 4.69) is 25.8 Å². The van der Waals surface area contributed by atoms with Gasteiger partial charge in [0, 0.05) is 13.1 Å². The van der Waals surface area contributed by atoms with Crippen LogP contribution in [0.5, 0.6) is 0 Å². The van der Waals surface area contributed by atoms with Gasteiger partial charge in [0.05, 0.1) is 14.5 Å². The van der Waals surface area contributed by atoms with Crippen molar-refractivity contribution in [3.05, 3.63) is 32.3 Å². The monoisotopic (exact) mass is 465 g/mol. The molecule has 0 aliphatic heterocycles. The Hall–Kier alpha value is -0.620. The zero-order valence-corrected chi connectivity index (χ0v) is 16.2. The molecule has 1 N–H and O–H groups in total. The fourth-order valence-corrected chi connectivity index (χ4v) is 4.98. The van der Waals surface area contributed by atoms with Crippen molar-refractivity contribution in [2.45, 2.75) is 30.3 Å². The van der Waals surface area contributed by atoms with Gasteiger partial charge in [0.25, 0.3) is 0 Å². The van der Waals surface area contributed by atoms with E-state index in [0.29, 0.717) is 10.0 Å². The maximum Gasteiger partial charge on any atom is 0.436 e. The van der Waals surface area contributed by atoms with Crippen molar-refractivity contribution in [1.82, 2.24) is 14.5 Å². The molecule has 0 radical (unpaired) electrons. The van der Waals surface area contributed by atoms with Crippen molar-refractivity contribution < 1.29 is 21.6 Å². The highest BCUT2D eigenvalue weighted by atomic mass is 79.9. The minimum atomic E-state index is -4.55. The number of thiophene rings is 1. The highest BCUT2D eigenvalue weighted by Gasteiger charge is 2.37. The van der Waals surface area contributed by atoms with Crippen LogP contribution in [0.1, 0.15) is 17.8 Å². The topological polar surface area (TPSA) is 64.0 Å².